The second-order valence-corrected chi connectivity index (χ2v) is 7.95. The van der Waals surface area contributed by atoms with E-state index >= 15 is 0 Å². The molecule has 1 aliphatic rings. The molecule has 0 bridgehead atoms. The molecule has 140 valence electrons. The lowest BCUT2D eigenvalue weighted by atomic mass is 10.0. The molecule has 0 spiro atoms. The summed E-state index contributed by atoms with van der Waals surface area (Å²) in [6.07, 6.45) is 2.20. The monoisotopic (exact) mass is 383 g/mol. The normalized spacial score (nSPS) is 14.9. The van der Waals surface area contributed by atoms with Gasteiger partial charge in [-0.1, -0.05) is 12.1 Å². The van der Waals surface area contributed by atoms with Crippen LogP contribution in [0.4, 0.5) is 0 Å². The smallest absolute Gasteiger partial charge is 0.262 e. The van der Waals surface area contributed by atoms with Gasteiger partial charge in [-0.3, -0.25) is 9.59 Å². The number of ether oxygens (including phenoxy) is 1. The molecule has 3 aromatic rings. The average Bonchev–Trinajstić information content (AvgIpc) is 3.43. The summed E-state index contributed by atoms with van der Waals surface area (Å²) in [6, 6.07) is 7.77. The number of aromatic amines is 1. The number of amides is 1. The van der Waals surface area contributed by atoms with Gasteiger partial charge < -0.3 is 15.0 Å². The minimum atomic E-state index is -0.195. The van der Waals surface area contributed by atoms with Crippen LogP contribution in [-0.4, -0.2) is 23.0 Å². The van der Waals surface area contributed by atoms with Gasteiger partial charge in [-0.05, 0) is 55.9 Å². The van der Waals surface area contributed by atoms with Crippen LogP contribution in [0.3, 0.4) is 0 Å². The highest BCUT2D eigenvalue weighted by Crippen LogP contribution is 2.41. The van der Waals surface area contributed by atoms with Crippen LogP contribution in [0, 0.1) is 19.8 Å². The van der Waals surface area contributed by atoms with Gasteiger partial charge in [0.15, 0.2) is 0 Å². The summed E-state index contributed by atoms with van der Waals surface area (Å²) in [5.41, 5.74) is 1.56. The predicted octanol–water partition coefficient (Wildman–Crippen LogP) is 3.49. The standard InChI is InChI=1S/C20H21N3O3S/c1-10-15-18(24)21-11(2)22-20(15)27-17(10)19(25)23-16(12-4-5-12)13-6-8-14(26-3)9-7-13/h6-9,12,16H,4-5H2,1-3H3,(H,23,25)(H,21,22,24)/t16-/m0/s1. The molecule has 2 heterocycles. The van der Waals surface area contributed by atoms with E-state index in [4.69, 9.17) is 4.74 Å². The van der Waals surface area contributed by atoms with Gasteiger partial charge in [-0.25, -0.2) is 4.98 Å². The Morgan fingerprint density at radius 2 is 2.00 bits per heavy atom. The maximum Gasteiger partial charge on any atom is 0.262 e. The quantitative estimate of drug-likeness (QED) is 0.706. The van der Waals surface area contributed by atoms with Crippen LogP contribution >= 0.6 is 11.3 Å². The number of aryl methyl sites for hydroxylation is 2. The highest BCUT2D eigenvalue weighted by molar-refractivity contribution is 7.20. The Bertz CT molecular complexity index is 1060. The van der Waals surface area contributed by atoms with Crippen molar-refractivity contribution in [1.82, 2.24) is 15.3 Å². The number of nitrogens with one attached hydrogen (secondary N) is 2. The molecule has 7 heteroatoms. The number of nitrogens with zero attached hydrogens (tertiary/aromatic N) is 1. The third kappa shape index (κ3) is 3.35. The number of methoxy groups -OCH3 is 1. The zero-order valence-corrected chi connectivity index (χ0v) is 16.3. The number of benzene rings is 1. The van der Waals surface area contributed by atoms with Crippen molar-refractivity contribution in [2.45, 2.75) is 32.7 Å². The molecular formula is C20H21N3O3S. The Morgan fingerprint density at radius 3 is 2.63 bits per heavy atom. The largest absolute Gasteiger partial charge is 0.497 e. The molecule has 0 unspecified atom stereocenters. The summed E-state index contributed by atoms with van der Waals surface area (Å²) in [7, 11) is 1.64. The number of fused-ring (bicyclic) bond motifs is 1. The Balaban J connectivity index is 1.65. The fourth-order valence-electron chi connectivity index (χ4n) is 3.39. The van der Waals surface area contributed by atoms with Crippen molar-refractivity contribution < 1.29 is 9.53 Å². The van der Waals surface area contributed by atoms with Gasteiger partial charge in [-0.2, -0.15) is 0 Å². The van der Waals surface area contributed by atoms with Crippen molar-refractivity contribution >= 4 is 27.5 Å². The fourth-order valence-corrected chi connectivity index (χ4v) is 4.52. The Kier molecular flexibility index (Phi) is 4.47. The number of carbonyl (C=O) groups is 1. The summed E-state index contributed by atoms with van der Waals surface area (Å²) >= 11 is 1.27. The van der Waals surface area contributed by atoms with Gasteiger partial charge in [0, 0.05) is 0 Å². The zero-order valence-electron chi connectivity index (χ0n) is 15.5. The van der Waals surface area contributed by atoms with Crippen LogP contribution in [0.1, 0.15) is 45.5 Å². The van der Waals surface area contributed by atoms with Gasteiger partial charge >= 0.3 is 0 Å². The summed E-state index contributed by atoms with van der Waals surface area (Å²) in [5.74, 6) is 1.64. The first-order valence-electron chi connectivity index (χ1n) is 8.92. The zero-order chi connectivity index (χ0) is 19.1. The van der Waals surface area contributed by atoms with Crippen molar-refractivity contribution in [3.63, 3.8) is 0 Å². The summed E-state index contributed by atoms with van der Waals surface area (Å²) in [6.45, 7) is 3.54. The van der Waals surface area contributed by atoms with Crippen LogP contribution in [0.15, 0.2) is 29.1 Å². The Morgan fingerprint density at radius 1 is 1.30 bits per heavy atom. The van der Waals surface area contributed by atoms with Crippen molar-refractivity contribution in [1.29, 1.82) is 0 Å². The minimum absolute atomic E-state index is 0.0407. The molecule has 2 N–H and O–H groups in total. The molecule has 2 aromatic heterocycles. The van der Waals surface area contributed by atoms with E-state index in [1.165, 1.54) is 11.3 Å². The van der Waals surface area contributed by atoms with Crippen molar-refractivity contribution in [2.24, 2.45) is 5.92 Å². The van der Waals surface area contributed by atoms with E-state index < -0.39 is 0 Å². The fraction of sp³-hybridized carbons (Fsp3) is 0.350. The second-order valence-electron chi connectivity index (χ2n) is 6.95. The van der Waals surface area contributed by atoms with Crippen molar-refractivity contribution in [3.05, 3.63) is 56.4 Å². The van der Waals surface area contributed by atoms with Crippen molar-refractivity contribution in [2.75, 3.05) is 7.11 Å². The van der Waals surface area contributed by atoms with Crippen molar-refractivity contribution in [3.8, 4) is 5.75 Å². The number of aromatic nitrogens is 2. The molecule has 4 rings (SSSR count). The lowest BCUT2D eigenvalue weighted by Gasteiger charge is -2.19. The van der Waals surface area contributed by atoms with Crippen LogP contribution in [0.5, 0.6) is 5.75 Å². The SMILES string of the molecule is COc1ccc([C@@H](NC(=O)c2sc3nc(C)[nH]c(=O)c3c2C)C2CC2)cc1. The number of rotatable bonds is 5. The Labute approximate surface area is 160 Å². The molecule has 1 atom stereocenters. The first-order chi connectivity index (χ1) is 13.0. The number of H-pyrrole nitrogens is 1. The third-order valence-corrected chi connectivity index (χ3v) is 6.16. The van der Waals surface area contributed by atoms with E-state index in [1.54, 1.807) is 21.0 Å². The van der Waals surface area contributed by atoms with Gasteiger partial charge in [0.1, 0.15) is 16.4 Å². The first kappa shape index (κ1) is 17.7. The highest BCUT2D eigenvalue weighted by atomic mass is 32.1. The summed E-state index contributed by atoms with van der Waals surface area (Å²) in [5, 5.41) is 3.68. The van der Waals surface area contributed by atoms with E-state index in [9.17, 15) is 9.59 Å². The second kappa shape index (κ2) is 6.81. The highest BCUT2D eigenvalue weighted by Gasteiger charge is 2.34. The van der Waals surface area contributed by atoms with E-state index in [2.05, 4.69) is 15.3 Å². The number of thiophene rings is 1. The summed E-state index contributed by atoms with van der Waals surface area (Å²) < 4.78 is 5.22. The topological polar surface area (TPSA) is 84.1 Å². The molecule has 27 heavy (non-hydrogen) atoms. The van der Waals surface area contributed by atoms with Gasteiger partial charge in [0.25, 0.3) is 11.5 Å². The number of hydrogen-bond donors (Lipinski definition) is 2. The molecule has 6 nitrogen and oxygen atoms in total. The average molecular weight is 383 g/mol. The number of carbonyl (C=O) groups excluding carboxylic acids is 1. The molecule has 0 saturated heterocycles. The number of hydrogen-bond acceptors (Lipinski definition) is 5. The van der Waals surface area contributed by atoms with Gasteiger partial charge in [-0.15, -0.1) is 11.3 Å². The van der Waals surface area contributed by atoms with E-state index in [1.807, 2.05) is 24.3 Å². The minimum Gasteiger partial charge on any atom is -0.497 e. The molecule has 0 aliphatic heterocycles. The molecule has 1 aliphatic carbocycles. The van der Waals surface area contributed by atoms with E-state index in [-0.39, 0.29) is 17.5 Å². The van der Waals surface area contributed by atoms with Crippen LogP contribution in [0.2, 0.25) is 0 Å². The molecule has 1 aromatic carbocycles. The first-order valence-corrected chi connectivity index (χ1v) is 9.74. The molecule has 1 saturated carbocycles. The van der Waals surface area contributed by atoms with Gasteiger partial charge in [0.2, 0.25) is 0 Å². The maximum atomic E-state index is 13.0. The van der Waals surface area contributed by atoms with E-state index in [0.29, 0.717) is 32.4 Å². The van der Waals surface area contributed by atoms with Crippen LogP contribution < -0.4 is 15.6 Å². The van der Waals surface area contributed by atoms with Gasteiger partial charge in [0.05, 0.1) is 23.4 Å². The lowest BCUT2D eigenvalue weighted by Crippen LogP contribution is -2.29. The molecular weight excluding hydrogens is 362 g/mol. The van der Waals surface area contributed by atoms with Crippen LogP contribution in [0.25, 0.3) is 10.2 Å². The summed E-state index contributed by atoms with van der Waals surface area (Å²) in [4.78, 5) is 33.5. The molecule has 1 amide bonds. The third-order valence-electron chi connectivity index (χ3n) is 4.98. The molecule has 1 fully saturated rings. The van der Waals surface area contributed by atoms with Crippen LogP contribution in [-0.2, 0) is 0 Å². The Hall–Kier alpha value is -2.67. The predicted molar refractivity (Wildman–Crippen MR) is 106 cm³/mol. The van der Waals surface area contributed by atoms with E-state index in [0.717, 1.165) is 24.2 Å². The lowest BCUT2D eigenvalue weighted by molar-refractivity contribution is 0.0935. The molecule has 0 radical (unpaired) electrons. The maximum absolute atomic E-state index is 13.0.